The molecule has 1 aliphatic rings. The standard InChI is InChI=1S/C19H28N2O5/c1-13(22)21-9-7-15(8-10-21)20-18(23)6-5-14-11-16(24-2)19(26-4)17(12-14)25-3/h11-12,15H,5-10H2,1-4H3,(H,20,23). The number of hydrogen-bond donors (Lipinski definition) is 1. The number of carbonyl (C=O) groups is 2. The lowest BCUT2D eigenvalue weighted by Crippen LogP contribution is -2.46. The molecule has 1 aromatic rings. The van der Waals surface area contributed by atoms with E-state index < -0.39 is 0 Å². The summed E-state index contributed by atoms with van der Waals surface area (Å²) in [6.45, 7) is 2.98. The Balaban J connectivity index is 1.88. The van der Waals surface area contributed by atoms with Gasteiger partial charge < -0.3 is 24.4 Å². The smallest absolute Gasteiger partial charge is 0.220 e. The van der Waals surface area contributed by atoms with E-state index in [0.717, 1.165) is 18.4 Å². The first-order valence-corrected chi connectivity index (χ1v) is 8.82. The second-order valence-corrected chi connectivity index (χ2v) is 6.38. The van der Waals surface area contributed by atoms with Gasteiger partial charge in [0.25, 0.3) is 0 Å². The molecule has 0 atom stereocenters. The number of hydrogen-bond acceptors (Lipinski definition) is 5. The molecule has 2 amide bonds. The van der Waals surface area contributed by atoms with Crippen molar-refractivity contribution in [1.29, 1.82) is 0 Å². The van der Waals surface area contributed by atoms with E-state index in [-0.39, 0.29) is 17.9 Å². The molecule has 1 aliphatic heterocycles. The van der Waals surface area contributed by atoms with E-state index in [1.165, 1.54) is 0 Å². The average molecular weight is 364 g/mol. The van der Waals surface area contributed by atoms with E-state index in [1.807, 2.05) is 17.0 Å². The van der Waals surface area contributed by atoms with Gasteiger partial charge in [-0.25, -0.2) is 0 Å². The van der Waals surface area contributed by atoms with Crippen molar-refractivity contribution >= 4 is 11.8 Å². The molecule has 1 saturated heterocycles. The molecule has 0 saturated carbocycles. The highest BCUT2D eigenvalue weighted by molar-refractivity contribution is 5.77. The zero-order valence-corrected chi connectivity index (χ0v) is 16.0. The first-order chi connectivity index (χ1) is 12.5. The molecule has 26 heavy (non-hydrogen) atoms. The zero-order chi connectivity index (χ0) is 19.1. The first kappa shape index (κ1) is 19.9. The van der Waals surface area contributed by atoms with Gasteiger partial charge in [-0.15, -0.1) is 0 Å². The van der Waals surface area contributed by atoms with Crippen LogP contribution in [0.15, 0.2) is 12.1 Å². The number of likely N-dealkylation sites (tertiary alicyclic amines) is 1. The largest absolute Gasteiger partial charge is 0.493 e. The molecule has 0 radical (unpaired) electrons. The van der Waals surface area contributed by atoms with Gasteiger partial charge in [-0.3, -0.25) is 9.59 Å². The molecule has 0 aromatic heterocycles. The van der Waals surface area contributed by atoms with Crippen LogP contribution in [0.25, 0.3) is 0 Å². The molecule has 0 unspecified atom stereocenters. The van der Waals surface area contributed by atoms with E-state index in [1.54, 1.807) is 28.3 Å². The van der Waals surface area contributed by atoms with Gasteiger partial charge >= 0.3 is 0 Å². The van der Waals surface area contributed by atoms with Gasteiger partial charge in [-0.05, 0) is 37.0 Å². The van der Waals surface area contributed by atoms with Crippen LogP contribution in [0.3, 0.4) is 0 Å². The highest BCUT2D eigenvalue weighted by Crippen LogP contribution is 2.38. The Kier molecular flexibility index (Phi) is 7.12. The number of aryl methyl sites for hydroxylation is 1. The SMILES string of the molecule is COc1cc(CCC(=O)NC2CCN(C(C)=O)CC2)cc(OC)c1OC. The third kappa shape index (κ3) is 5.03. The lowest BCUT2D eigenvalue weighted by molar-refractivity contribution is -0.130. The van der Waals surface area contributed by atoms with E-state index in [2.05, 4.69) is 5.32 Å². The molecule has 0 aliphatic carbocycles. The van der Waals surface area contributed by atoms with Crippen LogP contribution in [0.2, 0.25) is 0 Å². The van der Waals surface area contributed by atoms with Gasteiger partial charge in [0, 0.05) is 32.5 Å². The fourth-order valence-corrected chi connectivity index (χ4v) is 3.18. The molecule has 1 fully saturated rings. The normalized spacial score (nSPS) is 14.7. The number of nitrogens with one attached hydrogen (secondary N) is 1. The first-order valence-electron chi connectivity index (χ1n) is 8.82. The molecule has 1 aromatic carbocycles. The summed E-state index contributed by atoms with van der Waals surface area (Å²) in [5.41, 5.74) is 0.945. The molecule has 1 N–H and O–H groups in total. The number of benzene rings is 1. The summed E-state index contributed by atoms with van der Waals surface area (Å²) in [5.74, 6) is 1.82. The fraction of sp³-hybridized carbons (Fsp3) is 0.579. The number of piperidine rings is 1. The highest BCUT2D eigenvalue weighted by Gasteiger charge is 2.22. The highest BCUT2D eigenvalue weighted by atomic mass is 16.5. The van der Waals surface area contributed by atoms with Crippen molar-refractivity contribution in [2.75, 3.05) is 34.4 Å². The Morgan fingerprint density at radius 2 is 1.65 bits per heavy atom. The Labute approximate surface area is 154 Å². The van der Waals surface area contributed by atoms with Gasteiger partial charge in [0.1, 0.15) is 0 Å². The van der Waals surface area contributed by atoms with Crippen molar-refractivity contribution in [1.82, 2.24) is 10.2 Å². The van der Waals surface area contributed by atoms with Crippen molar-refractivity contribution < 1.29 is 23.8 Å². The minimum Gasteiger partial charge on any atom is -0.493 e. The maximum Gasteiger partial charge on any atom is 0.220 e. The summed E-state index contributed by atoms with van der Waals surface area (Å²) in [6, 6.07) is 3.86. The summed E-state index contributed by atoms with van der Waals surface area (Å²) in [5, 5.41) is 3.06. The van der Waals surface area contributed by atoms with Gasteiger partial charge in [0.2, 0.25) is 17.6 Å². The number of carbonyl (C=O) groups excluding carboxylic acids is 2. The minimum atomic E-state index is 0.0139. The maximum absolute atomic E-state index is 12.3. The number of methoxy groups -OCH3 is 3. The number of ether oxygens (including phenoxy) is 3. The quantitative estimate of drug-likeness (QED) is 0.798. The van der Waals surface area contributed by atoms with E-state index >= 15 is 0 Å². The number of rotatable bonds is 7. The second kappa shape index (κ2) is 9.31. The minimum absolute atomic E-state index is 0.0139. The Bertz CT molecular complexity index is 614. The maximum atomic E-state index is 12.3. The van der Waals surface area contributed by atoms with Crippen molar-refractivity contribution in [3.8, 4) is 17.2 Å². The monoisotopic (exact) mass is 364 g/mol. The fourth-order valence-electron chi connectivity index (χ4n) is 3.18. The zero-order valence-electron chi connectivity index (χ0n) is 16.0. The van der Waals surface area contributed by atoms with Crippen LogP contribution in [0.5, 0.6) is 17.2 Å². The predicted molar refractivity (Wildman–Crippen MR) is 97.8 cm³/mol. The predicted octanol–water partition coefficient (Wildman–Crippen LogP) is 1.77. The van der Waals surface area contributed by atoms with Crippen molar-refractivity contribution in [2.24, 2.45) is 0 Å². The van der Waals surface area contributed by atoms with E-state index in [9.17, 15) is 9.59 Å². The van der Waals surface area contributed by atoms with Crippen molar-refractivity contribution in [3.05, 3.63) is 17.7 Å². The Morgan fingerprint density at radius 1 is 1.08 bits per heavy atom. The van der Waals surface area contributed by atoms with Gasteiger partial charge in [0.05, 0.1) is 21.3 Å². The molecular formula is C19H28N2O5. The number of nitrogens with zero attached hydrogens (tertiary/aromatic N) is 1. The van der Waals surface area contributed by atoms with Crippen LogP contribution in [0.1, 0.15) is 31.7 Å². The van der Waals surface area contributed by atoms with Crippen LogP contribution in [-0.4, -0.2) is 57.2 Å². The molecule has 0 spiro atoms. The van der Waals surface area contributed by atoms with Crippen molar-refractivity contribution in [2.45, 2.75) is 38.6 Å². The summed E-state index contributed by atoms with van der Waals surface area (Å²) in [7, 11) is 4.70. The van der Waals surface area contributed by atoms with Crippen LogP contribution < -0.4 is 19.5 Å². The van der Waals surface area contributed by atoms with E-state index in [4.69, 9.17) is 14.2 Å². The molecule has 7 heteroatoms. The summed E-state index contributed by atoms with van der Waals surface area (Å²) in [6.07, 6.45) is 2.56. The Morgan fingerprint density at radius 3 is 2.12 bits per heavy atom. The van der Waals surface area contributed by atoms with Crippen LogP contribution in [0, 0.1) is 0 Å². The molecule has 2 rings (SSSR count). The topological polar surface area (TPSA) is 77.1 Å². The second-order valence-electron chi connectivity index (χ2n) is 6.38. The lowest BCUT2D eigenvalue weighted by Gasteiger charge is -2.31. The molecule has 1 heterocycles. The Hall–Kier alpha value is -2.44. The van der Waals surface area contributed by atoms with Crippen LogP contribution in [-0.2, 0) is 16.0 Å². The summed E-state index contributed by atoms with van der Waals surface area (Å²) >= 11 is 0. The molecular weight excluding hydrogens is 336 g/mol. The third-order valence-electron chi connectivity index (χ3n) is 4.67. The summed E-state index contributed by atoms with van der Waals surface area (Å²) in [4.78, 5) is 25.4. The average Bonchev–Trinajstić information content (AvgIpc) is 2.65. The van der Waals surface area contributed by atoms with Crippen LogP contribution in [0.4, 0.5) is 0 Å². The lowest BCUT2D eigenvalue weighted by atomic mass is 10.0. The van der Waals surface area contributed by atoms with Gasteiger partial charge in [0.15, 0.2) is 11.5 Å². The van der Waals surface area contributed by atoms with E-state index in [0.29, 0.717) is 43.2 Å². The molecule has 0 bridgehead atoms. The van der Waals surface area contributed by atoms with Gasteiger partial charge in [-0.2, -0.15) is 0 Å². The van der Waals surface area contributed by atoms with Crippen LogP contribution >= 0.6 is 0 Å². The molecule has 144 valence electrons. The summed E-state index contributed by atoms with van der Waals surface area (Å²) < 4.78 is 16.0. The van der Waals surface area contributed by atoms with Crippen molar-refractivity contribution in [3.63, 3.8) is 0 Å². The molecule has 7 nitrogen and oxygen atoms in total. The van der Waals surface area contributed by atoms with Gasteiger partial charge in [-0.1, -0.05) is 0 Å². The number of amides is 2. The third-order valence-corrected chi connectivity index (χ3v) is 4.67.